The van der Waals surface area contributed by atoms with Crippen LogP contribution >= 0.6 is 34.2 Å². The number of carbonyl (C=O) groups excluding carboxylic acids is 2. The molecule has 3 aromatic rings. The van der Waals surface area contributed by atoms with Crippen LogP contribution in [0.4, 0.5) is 5.69 Å². The van der Waals surface area contributed by atoms with Crippen molar-refractivity contribution in [2.24, 2.45) is 0 Å². The molecule has 2 atom stereocenters. The van der Waals surface area contributed by atoms with Gasteiger partial charge in [-0.2, -0.15) is 0 Å². The van der Waals surface area contributed by atoms with Crippen molar-refractivity contribution in [3.63, 3.8) is 0 Å². The number of nitrogens with zero attached hydrogens (tertiary/aromatic N) is 1. The van der Waals surface area contributed by atoms with Gasteiger partial charge in [-0.1, -0.05) is 54.1 Å². The first-order chi connectivity index (χ1) is 15.3. The number of halogens is 2. The van der Waals surface area contributed by atoms with Crippen LogP contribution < -0.4 is 5.32 Å². The van der Waals surface area contributed by atoms with E-state index >= 15 is 0 Å². The highest BCUT2D eigenvalue weighted by molar-refractivity contribution is 14.1. The number of fused-ring (bicyclic) bond motifs is 1. The van der Waals surface area contributed by atoms with E-state index in [-0.39, 0.29) is 12.0 Å². The first-order valence-electron chi connectivity index (χ1n) is 9.80. The lowest BCUT2D eigenvalue weighted by Gasteiger charge is -2.34. The molecule has 8 heteroatoms. The van der Waals surface area contributed by atoms with Crippen molar-refractivity contribution in [2.75, 3.05) is 5.32 Å². The first kappa shape index (κ1) is 22.3. The number of rotatable bonds is 5. The molecule has 0 unspecified atom stereocenters. The predicted molar refractivity (Wildman–Crippen MR) is 130 cm³/mol. The zero-order valence-electron chi connectivity index (χ0n) is 16.7. The topological polar surface area (TPSA) is 86.7 Å². The first-order valence-corrected chi connectivity index (χ1v) is 11.3. The molecule has 32 heavy (non-hydrogen) atoms. The highest BCUT2D eigenvalue weighted by Gasteiger charge is 2.43. The third kappa shape index (κ3) is 4.49. The van der Waals surface area contributed by atoms with Crippen molar-refractivity contribution in [3.8, 4) is 0 Å². The lowest BCUT2D eigenvalue weighted by atomic mass is 9.98. The smallest absolute Gasteiger partial charge is 0.326 e. The Labute approximate surface area is 203 Å². The van der Waals surface area contributed by atoms with Crippen LogP contribution in [0.1, 0.15) is 27.5 Å². The number of carbonyl (C=O) groups is 3. The third-order valence-corrected chi connectivity index (χ3v) is 6.23. The van der Waals surface area contributed by atoms with E-state index in [9.17, 15) is 19.5 Å². The van der Waals surface area contributed by atoms with E-state index < -0.39 is 29.9 Å². The molecule has 0 saturated carbocycles. The molecule has 3 aromatic carbocycles. The summed E-state index contributed by atoms with van der Waals surface area (Å²) in [4.78, 5) is 40.7. The van der Waals surface area contributed by atoms with E-state index in [1.807, 2.05) is 6.07 Å². The number of anilines is 1. The Morgan fingerprint density at radius 3 is 2.41 bits per heavy atom. The minimum Gasteiger partial charge on any atom is -0.480 e. The molecular weight excluding hydrogens is 543 g/mol. The van der Waals surface area contributed by atoms with Gasteiger partial charge in [0.05, 0.1) is 11.3 Å². The normalized spacial score (nSPS) is 16.7. The number of hydrogen-bond acceptors (Lipinski definition) is 3. The van der Waals surface area contributed by atoms with Gasteiger partial charge in [0, 0.05) is 15.0 Å². The third-order valence-electron chi connectivity index (χ3n) is 5.31. The van der Waals surface area contributed by atoms with E-state index in [2.05, 4.69) is 27.9 Å². The van der Waals surface area contributed by atoms with Gasteiger partial charge in [0.1, 0.15) is 12.1 Å². The maximum atomic E-state index is 13.8. The van der Waals surface area contributed by atoms with Gasteiger partial charge in [0.25, 0.3) is 11.8 Å². The standard InChI is InChI=1S/C24H18ClIN2O4/c25-16-8-6-15(7-9-16)21-22(29)27-19-11-10-17(26)13-18(19)23(30)28(21)20(24(31)32)12-14-4-2-1-3-5-14/h1-11,13,20-21H,12H2,(H,27,29)(H,31,32)/t20-,21-/m0/s1. The van der Waals surface area contributed by atoms with Gasteiger partial charge >= 0.3 is 5.97 Å². The number of amides is 2. The Morgan fingerprint density at radius 1 is 1.06 bits per heavy atom. The summed E-state index contributed by atoms with van der Waals surface area (Å²) in [6.07, 6.45) is 0.0541. The van der Waals surface area contributed by atoms with E-state index in [0.717, 1.165) is 9.13 Å². The summed E-state index contributed by atoms with van der Waals surface area (Å²) in [7, 11) is 0. The fourth-order valence-corrected chi connectivity index (χ4v) is 4.42. The Hall–Kier alpha value is -2.91. The van der Waals surface area contributed by atoms with Crippen LogP contribution in [0.15, 0.2) is 72.8 Å². The summed E-state index contributed by atoms with van der Waals surface area (Å²) < 4.78 is 0.795. The number of hydrogen-bond donors (Lipinski definition) is 2. The van der Waals surface area contributed by atoms with Gasteiger partial charge in [0.2, 0.25) is 0 Å². The van der Waals surface area contributed by atoms with Gasteiger partial charge in [-0.25, -0.2) is 4.79 Å². The van der Waals surface area contributed by atoms with E-state index in [4.69, 9.17) is 11.6 Å². The summed E-state index contributed by atoms with van der Waals surface area (Å²) in [6.45, 7) is 0. The van der Waals surface area contributed by atoms with Gasteiger partial charge in [-0.15, -0.1) is 0 Å². The van der Waals surface area contributed by atoms with Crippen molar-refractivity contribution in [2.45, 2.75) is 18.5 Å². The van der Waals surface area contributed by atoms with Crippen molar-refractivity contribution in [1.82, 2.24) is 4.90 Å². The van der Waals surface area contributed by atoms with Crippen LogP contribution in [-0.4, -0.2) is 33.8 Å². The fourth-order valence-electron chi connectivity index (χ4n) is 3.81. The minimum atomic E-state index is -1.26. The summed E-state index contributed by atoms with van der Waals surface area (Å²) in [5.41, 5.74) is 1.82. The maximum absolute atomic E-state index is 13.8. The molecule has 0 fully saturated rings. The Balaban J connectivity index is 1.88. The average molecular weight is 561 g/mol. The number of aliphatic carboxylic acids is 1. The van der Waals surface area contributed by atoms with Crippen LogP contribution in [0.2, 0.25) is 5.02 Å². The Morgan fingerprint density at radius 2 is 1.75 bits per heavy atom. The minimum absolute atomic E-state index is 0.0541. The van der Waals surface area contributed by atoms with Gasteiger partial charge in [0.15, 0.2) is 0 Å². The van der Waals surface area contributed by atoms with Crippen LogP contribution in [-0.2, 0) is 16.0 Å². The molecule has 162 valence electrons. The second-order valence-corrected chi connectivity index (χ2v) is 9.07. The van der Waals surface area contributed by atoms with Crippen LogP contribution in [0.25, 0.3) is 0 Å². The molecule has 4 rings (SSSR count). The summed E-state index contributed by atoms with van der Waals surface area (Å²) >= 11 is 8.10. The van der Waals surface area contributed by atoms with Crippen molar-refractivity contribution >= 4 is 57.7 Å². The summed E-state index contributed by atoms with van der Waals surface area (Å²) in [6, 6.07) is 18.2. The maximum Gasteiger partial charge on any atom is 0.326 e. The molecule has 0 aliphatic carbocycles. The second kappa shape index (κ2) is 9.30. The molecule has 0 spiro atoms. The zero-order chi connectivity index (χ0) is 22.8. The molecule has 2 amide bonds. The second-order valence-electron chi connectivity index (χ2n) is 7.39. The van der Waals surface area contributed by atoms with Gasteiger partial charge in [-0.05, 0) is 64.0 Å². The molecule has 0 bridgehead atoms. The number of benzene rings is 3. The van der Waals surface area contributed by atoms with Crippen molar-refractivity contribution in [1.29, 1.82) is 0 Å². The summed E-state index contributed by atoms with van der Waals surface area (Å²) in [5, 5.41) is 13.4. The molecular formula is C24H18ClIN2O4. The fraction of sp³-hybridized carbons (Fsp3) is 0.125. The number of carboxylic acid groups (broad SMARTS) is 1. The molecule has 0 saturated heterocycles. The van der Waals surface area contributed by atoms with Gasteiger partial charge in [-0.3, -0.25) is 9.59 Å². The molecule has 0 radical (unpaired) electrons. The highest BCUT2D eigenvalue weighted by atomic mass is 127. The van der Waals surface area contributed by atoms with Crippen molar-refractivity contribution < 1.29 is 19.5 Å². The molecule has 0 aromatic heterocycles. The molecule has 1 aliphatic heterocycles. The number of carboxylic acids is 1. The molecule has 1 aliphatic rings. The van der Waals surface area contributed by atoms with Crippen molar-refractivity contribution in [3.05, 3.63) is 98.1 Å². The molecule has 1 heterocycles. The lowest BCUT2D eigenvalue weighted by molar-refractivity contribution is -0.143. The monoisotopic (exact) mass is 560 g/mol. The molecule has 6 nitrogen and oxygen atoms in total. The Bertz CT molecular complexity index is 1180. The summed E-state index contributed by atoms with van der Waals surface area (Å²) in [5.74, 6) is -2.21. The largest absolute Gasteiger partial charge is 0.480 e. The lowest BCUT2D eigenvalue weighted by Crippen LogP contribution is -2.50. The quantitative estimate of drug-likeness (QED) is 0.440. The number of nitrogens with one attached hydrogen (secondary N) is 1. The van der Waals surface area contributed by atoms with E-state index in [1.54, 1.807) is 66.7 Å². The highest BCUT2D eigenvalue weighted by Crippen LogP contribution is 2.34. The predicted octanol–water partition coefficient (Wildman–Crippen LogP) is 4.78. The van der Waals surface area contributed by atoms with Crippen LogP contribution in [0, 0.1) is 3.57 Å². The van der Waals surface area contributed by atoms with Crippen LogP contribution in [0.3, 0.4) is 0 Å². The van der Waals surface area contributed by atoms with E-state index in [0.29, 0.717) is 16.3 Å². The van der Waals surface area contributed by atoms with Crippen LogP contribution in [0.5, 0.6) is 0 Å². The van der Waals surface area contributed by atoms with Gasteiger partial charge < -0.3 is 15.3 Å². The van der Waals surface area contributed by atoms with E-state index in [1.165, 1.54) is 4.90 Å². The average Bonchev–Trinajstić information content (AvgIpc) is 2.88. The SMILES string of the molecule is O=C1Nc2ccc(I)cc2C(=O)N([C@@H](Cc2ccccc2)C(=O)O)[C@H]1c1ccc(Cl)cc1. The molecule has 2 N–H and O–H groups in total. The zero-order valence-corrected chi connectivity index (χ0v) is 19.6. The Kier molecular flexibility index (Phi) is 6.48.